The zero-order chi connectivity index (χ0) is 23.5. The first-order valence-corrected chi connectivity index (χ1v) is 10.8. The number of fused-ring (bicyclic) bond motifs is 1. The number of nitrogens with one attached hydrogen (secondary N) is 3. The topological polar surface area (TPSA) is 95.0 Å². The summed E-state index contributed by atoms with van der Waals surface area (Å²) in [7, 11) is 6.24. The Balaban J connectivity index is 1.52. The fraction of sp³-hybridized carbons (Fsp3) is 0.375. The number of carbonyl (C=O) groups excluding carboxylic acids is 1. The fourth-order valence-corrected chi connectivity index (χ4v) is 4.34. The van der Waals surface area contributed by atoms with E-state index in [0.29, 0.717) is 29.2 Å². The van der Waals surface area contributed by atoms with Crippen LogP contribution in [0.5, 0.6) is 23.0 Å². The van der Waals surface area contributed by atoms with E-state index in [0.717, 1.165) is 28.9 Å². The molecule has 0 spiro atoms. The first-order valence-electron chi connectivity index (χ1n) is 10.8. The van der Waals surface area contributed by atoms with Crippen molar-refractivity contribution >= 4 is 16.8 Å². The smallest absolute Gasteiger partial charge is 0.252 e. The second-order valence-corrected chi connectivity index (χ2v) is 7.76. The van der Waals surface area contributed by atoms with Gasteiger partial charge in [0.1, 0.15) is 5.75 Å². The van der Waals surface area contributed by atoms with Crippen LogP contribution in [-0.2, 0) is 6.54 Å². The molecule has 0 radical (unpaired) electrons. The van der Waals surface area contributed by atoms with Crippen molar-refractivity contribution in [3.8, 4) is 23.0 Å². The number of hydrogen-bond acceptors (Lipinski definition) is 7. The van der Waals surface area contributed by atoms with Crippen molar-refractivity contribution in [3.05, 3.63) is 47.7 Å². The standard InChI is InChI=1S/C24H30N4O5/c1-6-28-18-8-7-16(30-2)9-14(18)10-19(28)17-13-22(27-26-17)25-24(29)15-11-20(31-3)23(33-5)21(12-15)32-4/h7-12,17,22,26-27H,6,13H2,1-5H3,(H,25,29). The van der Waals surface area contributed by atoms with E-state index in [1.54, 1.807) is 19.2 Å². The van der Waals surface area contributed by atoms with Gasteiger partial charge in [0, 0.05) is 35.1 Å². The molecule has 9 nitrogen and oxygen atoms in total. The molecular weight excluding hydrogens is 424 g/mol. The first kappa shape index (κ1) is 22.8. The molecule has 4 rings (SSSR count). The summed E-state index contributed by atoms with van der Waals surface area (Å²) in [5.74, 6) is 1.90. The molecule has 33 heavy (non-hydrogen) atoms. The van der Waals surface area contributed by atoms with E-state index in [1.165, 1.54) is 21.3 Å². The van der Waals surface area contributed by atoms with Crippen molar-refractivity contribution in [1.82, 2.24) is 20.7 Å². The van der Waals surface area contributed by atoms with Gasteiger partial charge in [-0.3, -0.25) is 4.79 Å². The molecule has 1 fully saturated rings. The summed E-state index contributed by atoms with van der Waals surface area (Å²) in [5, 5.41) is 4.15. The zero-order valence-electron chi connectivity index (χ0n) is 19.5. The first-order chi connectivity index (χ1) is 16.0. The third-order valence-corrected chi connectivity index (χ3v) is 5.95. The van der Waals surface area contributed by atoms with Crippen molar-refractivity contribution < 1.29 is 23.7 Å². The molecule has 176 valence electrons. The van der Waals surface area contributed by atoms with E-state index in [4.69, 9.17) is 18.9 Å². The second-order valence-electron chi connectivity index (χ2n) is 7.76. The molecule has 3 N–H and O–H groups in total. The summed E-state index contributed by atoms with van der Waals surface area (Å²) in [5.41, 5.74) is 9.24. The minimum atomic E-state index is -0.251. The highest BCUT2D eigenvalue weighted by molar-refractivity contribution is 5.95. The summed E-state index contributed by atoms with van der Waals surface area (Å²) in [4.78, 5) is 13.0. The number of hydrogen-bond donors (Lipinski definition) is 3. The molecule has 1 aliphatic rings. The predicted octanol–water partition coefficient (Wildman–Crippen LogP) is 2.99. The molecule has 0 bridgehead atoms. The van der Waals surface area contributed by atoms with Crippen LogP contribution in [0.25, 0.3) is 10.9 Å². The summed E-state index contributed by atoms with van der Waals surface area (Å²) < 4.78 is 23.7. The second kappa shape index (κ2) is 9.60. The number of methoxy groups -OCH3 is 4. The molecule has 1 aliphatic heterocycles. The van der Waals surface area contributed by atoms with Crippen LogP contribution in [0, 0.1) is 0 Å². The average molecular weight is 455 g/mol. The van der Waals surface area contributed by atoms with Crippen LogP contribution in [-0.4, -0.2) is 45.1 Å². The van der Waals surface area contributed by atoms with Crippen molar-refractivity contribution in [2.24, 2.45) is 0 Å². The van der Waals surface area contributed by atoms with E-state index < -0.39 is 0 Å². The van der Waals surface area contributed by atoms with Gasteiger partial charge < -0.3 is 28.8 Å². The molecule has 3 aromatic rings. The quantitative estimate of drug-likeness (QED) is 0.482. The van der Waals surface area contributed by atoms with Crippen molar-refractivity contribution in [2.45, 2.75) is 32.1 Å². The summed E-state index contributed by atoms with van der Waals surface area (Å²) in [6.45, 7) is 2.96. The molecule has 9 heteroatoms. The van der Waals surface area contributed by atoms with Crippen LogP contribution in [0.15, 0.2) is 36.4 Å². The van der Waals surface area contributed by atoms with E-state index in [1.807, 2.05) is 12.1 Å². The summed E-state index contributed by atoms with van der Waals surface area (Å²) >= 11 is 0. The lowest BCUT2D eigenvalue weighted by Gasteiger charge is -2.16. The number of nitrogens with zero attached hydrogens (tertiary/aromatic N) is 1. The Morgan fingerprint density at radius 2 is 1.73 bits per heavy atom. The van der Waals surface area contributed by atoms with Crippen LogP contribution in [0.1, 0.15) is 35.4 Å². The molecular formula is C24H30N4O5. The number of carbonyl (C=O) groups is 1. The van der Waals surface area contributed by atoms with Crippen molar-refractivity contribution in [2.75, 3.05) is 28.4 Å². The molecule has 0 saturated carbocycles. The Morgan fingerprint density at radius 1 is 1.00 bits per heavy atom. The van der Waals surface area contributed by atoms with Gasteiger partial charge in [0.05, 0.1) is 40.6 Å². The van der Waals surface area contributed by atoms with E-state index >= 15 is 0 Å². The number of ether oxygens (including phenoxy) is 4. The van der Waals surface area contributed by atoms with E-state index in [9.17, 15) is 4.79 Å². The average Bonchev–Trinajstić information content (AvgIpc) is 3.46. The number of hydrazine groups is 1. The van der Waals surface area contributed by atoms with Crippen LogP contribution < -0.4 is 35.1 Å². The number of rotatable bonds is 8. The van der Waals surface area contributed by atoms with Gasteiger partial charge in [-0.2, -0.15) is 0 Å². The normalized spacial score (nSPS) is 17.7. The molecule has 2 atom stereocenters. The fourth-order valence-electron chi connectivity index (χ4n) is 4.34. The number of benzene rings is 2. The van der Waals surface area contributed by atoms with Crippen LogP contribution in [0.3, 0.4) is 0 Å². The third kappa shape index (κ3) is 4.29. The highest BCUT2D eigenvalue weighted by atomic mass is 16.5. The number of aromatic nitrogens is 1. The molecule has 1 aromatic heterocycles. The Bertz CT molecular complexity index is 1130. The number of aryl methyl sites for hydroxylation is 1. The molecule has 1 amide bonds. The monoisotopic (exact) mass is 454 g/mol. The Morgan fingerprint density at radius 3 is 2.33 bits per heavy atom. The molecule has 2 heterocycles. The minimum Gasteiger partial charge on any atom is -0.497 e. The number of amides is 1. The third-order valence-electron chi connectivity index (χ3n) is 5.95. The predicted molar refractivity (Wildman–Crippen MR) is 125 cm³/mol. The van der Waals surface area contributed by atoms with Crippen LogP contribution in [0.2, 0.25) is 0 Å². The lowest BCUT2D eigenvalue weighted by molar-refractivity contribution is 0.0931. The highest BCUT2D eigenvalue weighted by Gasteiger charge is 2.29. The molecule has 1 saturated heterocycles. The van der Waals surface area contributed by atoms with Crippen molar-refractivity contribution in [1.29, 1.82) is 0 Å². The zero-order valence-corrected chi connectivity index (χ0v) is 19.5. The highest BCUT2D eigenvalue weighted by Crippen LogP contribution is 2.38. The summed E-state index contributed by atoms with van der Waals surface area (Å²) in [6.07, 6.45) is 0.434. The van der Waals surface area contributed by atoms with Crippen molar-refractivity contribution in [3.63, 3.8) is 0 Å². The Kier molecular flexibility index (Phi) is 6.62. The van der Waals surface area contributed by atoms with Gasteiger partial charge >= 0.3 is 0 Å². The van der Waals surface area contributed by atoms with Crippen LogP contribution in [0.4, 0.5) is 0 Å². The van der Waals surface area contributed by atoms with E-state index in [-0.39, 0.29) is 18.1 Å². The van der Waals surface area contributed by atoms with Gasteiger partial charge in [-0.25, -0.2) is 10.9 Å². The Hall–Kier alpha value is -3.43. The van der Waals surface area contributed by atoms with Gasteiger partial charge in [-0.15, -0.1) is 0 Å². The maximum atomic E-state index is 13.0. The molecule has 2 unspecified atom stereocenters. The molecule has 0 aliphatic carbocycles. The molecule has 2 aromatic carbocycles. The lowest BCUT2D eigenvalue weighted by Crippen LogP contribution is -2.44. The van der Waals surface area contributed by atoms with Gasteiger partial charge in [0.25, 0.3) is 5.91 Å². The Labute approximate surface area is 192 Å². The van der Waals surface area contributed by atoms with Gasteiger partial charge in [-0.1, -0.05) is 0 Å². The SMILES string of the molecule is CCn1c(C2CC(NC(=O)c3cc(OC)c(OC)c(OC)c3)NN2)cc2cc(OC)ccc21. The largest absolute Gasteiger partial charge is 0.497 e. The van der Waals surface area contributed by atoms with Gasteiger partial charge in [0.2, 0.25) is 5.75 Å². The van der Waals surface area contributed by atoms with Gasteiger partial charge in [-0.05, 0) is 43.3 Å². The lowest BCUT2D eigenvalue weighted by atomic mass is 10.1. The summed E-state index contributed by atoms with van der Waals surface area (Å²) in [6, 6.07) is 11.6. The van der Waals surface area contributed by atoms with E-state index in [2.05, 4.69) is 39.8 Å². The van der Waals surface area contributed by atoms with Gasteiger partial charge in [0.15, 0.2) is 11.5 Å². The maximum Gasteiger partial charge on any atom is 0.252 e. The van der Waals surface area contributed by atoms with Crippen LogP contribution >= 0.6 is 0 Å². The maximum absolute atomic E-state index is 13.0. The minimum absolute atomic E-state index is 0.0357.